The van der Waals surface area contributed by atoms with Gasteiger partial charge in [0.1, 0.15) is 0 Å². The van der Waals surface area contributed by atoms with Gasteiger partial charge in [0, 0.05) is 0 Å². The van der Waals surface area contributed by atoms with E-state index in [4.69, 9.17) is 4.52 Å². The van der Waals surface area contributed by atoms with Crippen LogP contribution in [-0.2, 0) is 9.09 Å². The van der Waals surface area contributed by atoms with E-state index < -0.39 is 7.37 Å². The molecule has 0 amide bonds. The summed E-state index contributed by atoms with van der Waals surface area (Å²) in [6, 6.07) is 0. The summed E-state index contributed by atoms with van der Waals surface area (Å²) in [5, 5.41) is 0. The van der Waals surface area contributed by atoms with Crippen LogP contribution in [0, 0.1) is 0 Å². The van der Waals surface area contributed by atoms with Crippen LogP contribution in [0.25, 0.3) is 0 Å². The van der Waals surface area contributed by atoms with Gasteiger partial charge in [-0.1, -0.05) is 13.3 Å². The average molecular weight is 236 g/mol. The van der Waals surface area contributed by atoms with Crippen molar-refractivity contribution in [3.05, 3.63) is 0 Å². The fourth-order valence-corrected chi connectivity index (χ4v) is 3.80. The topological polar surface area (TPSA) is 32.8 Å². The van der Waals surface area contributed by atoms with Gasteiger partial charge >= 0.3 is 0 Å². The van der Waals surface area contributed by atoms with Crippen LogP contribution in [-0.4, -0.2) is 57.2 Å². The van der Waals surface area contributed by atoms with E-state index in [9.17, 15) is 4.57 Å². The zero-order chi connectivity index (χ0) is 11.9. The van der Waals surface area contributed by atoms with Crippen LogP contribution in [0.2, 0.25) is 0 Å². The van der Waals surface area contributed by atoms with Crippen LogP contribution in [0.15, 0.2) is 0 Å². The molecule has 15 heavy (non-hydrogen) atoms. The highest BCUT2D eigenvalue weighted by atomic mass is 31.2. The smallest absolute Gasteiger partial charge is 0.230 e. The SMILES string of the molecule is CCCCOP(=O)(CN(C)C)CN(C)C. The molecule has 0 N–H and O–H groups in total. The zero-order valence-electron chi connectivity index (χ0n) is 10.7. The molecule has 4 nitrogen and oxygen atoms in total. The lowest BCUT2D eigenvalue weighted by molar-refractivity contribution is 0.280. The molecule has 0 aliphatic carbocycles. The second kappa shape index (κ2) is 7.39. The van der Waals surface area contributed by atoms with E-state index in [-0.39, 0.29) is 0 Å². The number of hydrogen-bond acceptors (Lipinski definition) is 4. The third kappa shape index (κ3) is 7.97. The Kier molecular flexibility index (Phi) is 7.45. The Labute approximate surface area is 94.0 Å². The standard InChI is InChI=1S/C10H25N2O2P/c1-6-7-8-14-15(13,9-11(2)3)10-12(4)5/h6-10H2,1-5H3. The molecule has 0 aromatic heterocycles. The summed E-state index contributed by atoms with van der Waals surface area (Å²) in [7, 11) is 5.18. The van der Waals surface area contributed by atoms with Crippen molar-refractivity contribution in [1.29, 1.82) is 0 Å². The quantitative estimate of drug-likeness (QED) is 0.477. The Balaban J connectivity index is 4.21. The molecule has 0 bridgehead atoms. The maximum atomic E-state index is 12.4. The molecule has 0 unspecified atom stereocenters. The van der Waals surface area contributed by atoms with Crippen LogP contribution in [0.1, 0.15) is 19.8 Å². The Hall–Kier alpha value is 0.110. The van der Waals surface area contributed by atoms with Gasteiger partial charge in [-0.3, -0.25) is 4.57 Å². The fraction of sp³-hybridized carbons (Fsp3) is 1.00. The molecular formula is C10H25N2O2P. The van der Waals surface area contributed by atoms with Gasteiger partial charge in [-0.05, 0) is 34.6 Å². The van der Waals surface area contributed by atoms with Crippen molar-refractivity contribution in [2.45, 2.75) is 19.8 Å². The third-order valence-electron chi connectivity index (χ3n) is 1.82. The number of rotatable bonds is 8. The van der Waals surface area contributed by atoms with Gasteiger partial charge in [-0.2, -0.15) is 0 Å². The van der Waals surface area contributed by atoms with Crippen molar-refractivity contribution in [2.75, 3.05) is 47.4 Å². The zero-order valence-corrected chi connectivity index (χ0v) is 11.6. The monoisotopic (exact) mass is 236 g/mol. The van der Waals surface area contributed by atoms with Crippen molar-refractivity contribution in [3.63, 3.8) is 0 Å². The normalized spacial score (nSPS) is 12.7. The van der Waals surface area contributed by atoms with Gasteiger partial charge in [-0.15, -0.1) is 0 Å². The molecule has 0 aromatic carbocycles. The highest BCUT2D eigenvalue weighted by Crippen LogP contribution is 2.47. The summed E-state index contributed by atoms with van der Waals surface area (Å²) in [5.41, 5.74) is 0. The van der Waals surface area contributed by atoms with Crippen LogP contribution < -0.4 is 0 Å². The second-order valence-electron chi connectivity index (χ2n) is 4.44. The van der Waals surface area contributed by atoms with E-state index in [2.05, 4.69) is 6.92 Å². The van der Waals surface area contributed by atoms with Gasteiger partial charge in [0.25, 0.3) is 0 Å². The molecule has 0 atom stereocenters. The molecule has 0 aliphatic rings. The second-order valence-corrected chi connectivity index (χ2v) is 6.90. The van der Waals surface area contributed by atoms with Gasteiger partial charge in [0.05, 0.1) is 19.2 Å². The fourth-order valence-electron chi connectivity index (χ4n) is 1.36. The summed E-state index contributed by atoms with van der Waals surface area (Å²) < 4.78 is 18.0. The molecule has 5 heteroatoms. The maximum Gasteiger partial charge on any atom is 0.230 e. The highest BCUT2D eigenvalue weighted by molar-refractivity contribution is 7.58. The minimum absolute atomic E-state index is 0.523. The lowest BCUT2D eigenvalue weighted by atomic mass is 10.4. The lowest BCUT2D eigenvalue weighted by Crippen LogP contribution is -2.22. The van der Waals surface area contributed by atoms with E-state index in [0.717, 1.165) is 12.8 Å². The van der Waals surface area contributed by atoms with E-state index >= 15 is 0 Å². The molecule has 0 spiro atoms. The average Bonchev–Trinajstić information content (AvgIpc) is 2.00. The van der Waals surface area contributed by atoms with E-state index in [1.54, 1.807) is 0 Å². The van der Waals surface area contributed by atoms with Gasteiger partial charge in [-0.25, -0.2) is 0 Å². The largest absolute Gasteiger partial charge is 0.327 e. The summed E-state index contributed by atoms with van der Waals surface area (Å²) in [5.74, 6) is 0. The Morgan fingerprint density at radius 2 is 1.53 bits per heavy atom. The summed E-state index contributed by atoms with van der Waals surface area (Å²) >= 11 is 0. The maximum absolute atomic E-state index is 12.4. The number of hydrogen-bond donors (Lipinski definition) is 0. The minimum atomic E-state index is -2.51. The van der Waals surface area contributed by atoms with Crippen molar-refractivity contribution in [2.24, 2.45) is 0 Å². The highest BCUT2D eigenvalue weighted by Gasteiger charge is 2.24. The Morgan fingerprint density at radius 1 is 1.07 bits per heavy atom. The van der Waals surface area contributed by atoms with Crippen molar-refractivity contribution in [3.8, 4) is 0 Å². The van der Waals surface area contributed by atoms with E-state index in [1.807, 2.05) is 38.0 Å². The lowest BCUT2D eigenvalue weighted by Gasteiger charge is -2.24. The predicted molar refractivity (Wildman–Crippen MR) is 65.6 cm³/mol. The van der Waals surface area contributed by atoms with Crippen LogP contribution in [0.3, 0.4) is 0 Å². The van der Waals surface area contributed by atoms with E-state index in [1.165, 1.54) is 0 Å². The first-order valence-corrected chi connectivity index (χ1v) is 7.41. The van der Waals surface area contributed by atoms with E-state index in [0.29, 0.717) is 19.2 Å². The number of nitrogens with zero attached hydrogens (tertiary/aromatic N) is 2. The molecular weight excluding hydrogens is 211 g/mol. The van der Waals surface area contributed by atoms with Crippen molar-refractivity contribution < 1.29 is 9.09 Å². The molecule has 0 saturated carbocycles. The summed E-state index contributed by atoms with van der Waals surface area (Å²) in [6.07, 6.45) is 3.10. The van der Waals surface area contributed by atoms with Crippen LogP contribution in [0.5, 0.6) is 0 Å². The molecule has 0 rings (SSSR count). The molecule has 0 radical (unpaired) electrons. The molecule has 0 aliphatic heterocycles. The molecule has 0 heterocycles. The van der Waals surface area contributed by atoms with Gasteiger partial charge in [0.2, 0.25) is 7.37 Å². The molecule has 0 saturated heterocycles. The minimum Gasteiger partial charge on any atom is -0.327 e. The summed E-state index contributed by atoms with van der Waals surface area (Å²) in [4.78, 5) is 3.85. The van der Waals surface area contributed by atoms with Crippen molar-refractivity contribution in [1.82, 2.24) is 9.80 Å². The predicted octanol–water partition coefficient (Wildman–Crippen LogP) is 2.12. The Bertz CT molecular complexity index is 194. The van der Waals surface area contributed by atoms with Crippen LogP contribution >= 0.6 is 7.37 Å². The first-order valence-electron chi connectivity index (χ1n) is 5.41. The third-order valence-corrected chi connectivity index (χ3v) is 4.47. The molecule has 92 valence electrons. The molecule has 0 aromatic rings. The van der Waals surface area contributed by atoms with Crippen molar-refractivity contribution >= 4 is 7.37 Å². The van der Waals surface area contributed by atoms with Gasteiger partial charge < -0.3 is 14.3 Å². The number of unbranched alkanes of at least 4 members (excludes halogenated alkanes) is 1. The van der Waals surface area contributed by atoms with Gasteiger partial charge in [0.15, 0.2) is 0 Å². The first-order chi connectivity index (χ1) is 6.89. The Morgan fingerprint density at radius 3 is 1.87 bits per heavy atom. The first kappa shape index (κ1) is 15.1. The van der Waals surface area contributed by atoms with Crippen LogP contribution in [0.4, 0.5) is 0 Å². The molecule has 0 fully saturated rings. The summed E-state index contributed by atoms with van der Waals surface area (Å²) in [6.45, 7) is 2.71.